The molecule has 1 aromatic carbocycles. The summed E-state index contributed by atoms with van der Waals surface area (Å²) in [6, 6.07) is 2.63. The Kier molecular flexibility index (Phi) is 3.47. The molecule has 0 aliphatic heterocycles. The van der Waals surface area contributed by atoms with Gasteiger partial charge in [0.25, 0.3) is 5.69 Å². The number of rotatable bonds is 2. The van der Waals surface area contributed by atoms with Crippen molar-refractivity contribution in [2.45, 2.75) is 24.3 Å². The Hall–Kier alpha value is -1.24. The SMILES string of the molecule is Cc1cc(C)c(SC(F)(F)F)c([N+](=O)[O-])c1. The zero-order valence-corrected chi connectivity index (χ0v) is 9.28. The van der Waals surface area contributed by atoms with E-state index in [1.54, 1.807) is 6.92 Å². The molecule has 0 fully saturated rings. The smallest absolute Gasteiger partial charge is 0.258 e. The monoisotopic (exact) mass is 251 g/mol. The number of hydrogen-bond donors (Lipinski definition) is 0. The van der Waals surface area contributed by atoms with Gasteiger partial charge in [-0.3, -0.25) is 10.1 Å². The molecule has 16 heavy (non-hydrogen) atoms. The number of nitro benzene ring substituents is 1. The second-order valence-electron chi connectivity index (χ2n) is 3.23. The maximum absolute atomic E-state index is 12.2. The third-order valence-electron chi connectivity index (χ3n) is 1.81. The summed E-state index contributed by atoms with van der Waals surface area (Å²) >= 11 is -0.451. The van der Waals surface area contributed by atoms with Gasteiger partial charge in [0.05, 0.1) is 9.82 Å². The fourth-order valence-corrected chi connectivity index (χ4v) is 2.01. The van der Waals surface area contributed by atoms with Gasteiger partial charge in [-0.1, -0.05) is 6.07 Å². The lowest BCUT2D eigenvalue weighted by Crippen LogP contribution is -2.03. The lowest BCUT2D eigenvalue weighted by molar-refractivity contribution is -0.387. The molecule has 0 saturated carbocycles. The van der Waals surface area contributed by atoms with Crippen molar-refractivity contribution >= 4 is 17.4 Å². The van der Waals surface area contributed by atoms with Crippen molar-refractivity contribution in [1.82, 2.24) is 0 Å². The van der Waals surface area contributed by atoms with Crippen LogP contribution in [-0.2, 0) is 0 Å². The van der Waals surface area contributed by atoms with Crippen LogP contribution in [-0.4, -0.2) is 10.4 Å². The predicted octanol–water partition coefficient (Wildman–Crippen LogP) is 3.82. The van der Waals surface area contributed by atoms with E-state index in [1.165, 1.54) is 13.0 Å². The average Bonchev–Trinajstić information content (AvgIpc) is 2.07. The first kappa shape index (κ1) is 12.8. The van der Waals surface area contributed by atoms with Crippen LogP contribution in [0.2, 0.25) is 0 Å². The van der Waals surface area contributed by atoms with Gasteiger partial charge >= 0.3 is 5.51 Å². The van der Waals surface area contributed by atoms with Crippen LogP contribution in [0.5, 0.6) is 0 Å². The first-order valence-electron chi connectivity index (χ1n) is 4.22. The lowest BCUT2D eigenvalue weighted by Gasteiger charge is -2.09. The highest BCUT2D eigenvalue weighted by Crippen LogP contribution is 2.43. The summed E-state index contributed by atoms with van der Waals surface area (Å²) < 4.78 is 36.6. The van der Waals surface area contributed by atoms with Crippen LogP contribution >= 0.6 is 11.8 Å². The molecule has 1 aromatic rings. The van der Waals surface area contributed by atoms with Crippen molar-refractivity contribution in [2.24, 2.45) is 0 Å². The maximum atomic E-state index is 12.2. The highest BCUT2D eigenvalue weighted by molar-refractivity contribution is 8.00. The predicted molar refractivity (Wildman–Crippen MR) is 54.5 cm³/mol. The molecule has 0 bridgehead atoms. The normalized spacial score (nSPS) is 11.6. The van der Waals surface area contributed by atoms with Crippen molar-refractivity contribution in [2.75, 3.05) is 0 Å². The Labute approximate surface area is 93.8 Å². The zero-order chi connectivity index (χ0) is 12.5. The van der Waals surface area contributed by atoms with Gasteiger partial charge in [-0.25, -0.2) is 0 Å². The van der Waals surface area contributed by atoms with E-state index in [9.17, 15) is 23.3 Å². The summed E-state index contributed by atoms with van der Waals surface area (Å²) in [4.78, 5) is 9.50. The molecule has 88 valence electrons. The van der Waals surface area contributed by atoms with Gasteiger partial charge in [0, 0.05) is 6.07 Å². The minimum Gasteiger partial charge on any atom is -0.258 e. The van der Waals surface area contributed by atoms with E-state index in [2.05, 4.69) is 0 Å². The summed E-state index contributed by atoms with van der Waals surface area (Å²) in [5.74, 6) is 0. The van der Waals surface area contributed by atoms with E-state index in [0.29, 0.717) is 5.56 Å². The van der Waals surface area contributed by atoms with Crippen LogP contribution in [0.25, 0.3) is 0 Å². The molecule has 0 unspecified atom stereocenters. The summed E-state index contributed by atoms with van der Waals surface area (Å²) in [6.07, 6.45) is 0. The van der Waals surface area contributed by atoms with Gasteiger partial charge < -0.3 is 0 Å². The standard InChI is InChI=1S/C9H8F3NO2S/c1-5-3-6(2)8(16-9(10,11)12)7(4-5)13(14)15/h3-4H,1-2H3. The van der Waals surface area contributed by atoms with Gasteiger partial charge in [-0.15, -0.1) is 0 Å². The molecule has 0 aliphatic rings. The topological polar surface area (TPSA) is 43.1 Å². The van der Waals surface area contributed by atoms with E-state index in [0.717, 1.165) is 6.07 Å². The minimum absolute atomic E-state index is 0.258. The largest absolute Gasteiger partial charge is 0.446 e. The lowest BCUT2D eigenvalue weighted by atomic mass is 10.1. The number of benzene rings is 1. The molecule has 0 spiro atoms. The summed E-state index contributed by atoms with van der Waals surface area (Å²) in [5.41, 5.74) is -4.20. The Balaban J connectivity index is 3.30. The molecule has 0 atom stereocenters. The fraction of sp³-hybridized carbons (Fsp3) is 0.333. The molecule has 0 amide bonds. The van der Waals surface area contributed by atoms with Crippen LogP contribution in [0.15, 0.2) is 17.0 Å². The molecule has 0 heterocycles. The minimum atomic E-state index is -4.52. The van der Waals surface area contributed by atoms with E-state index in [-0.39, 0.29) is 10.5 Å². The third kappa shape index (κ3) is 3.13. The molecule has 0 aliphatic carbocycles. The Bertz CT molecular complexity index is 431. The van der Waals surface area contributed by atoms with Gasteiger partial charge in [0.15, 0.2) is 0 Å². The van der Waals surface area contributed by atoms with Crippen LogP contribution in [0, 0.1) is 24.0 Å². The first-order valence-corrected chi connectivity index (χ1v) is 5.04. The second kappa shape index (κ2) is 4.32. The van der Waals surface area contributed by atoms with Gasteiger partial charge in [0.1, 0.15) is 0 Å². The molecular weight excluding hydrogens is 243 g/mol. The first-order chi connectivity index (χ1) is 7.20. The molecule has 0 radical (unpaired) electrons. The quantitative estimate of drug-likeness (QED) is 0.456. The van der Waals surface area contributed by atoms with Crippen molar-refractivity contribution in [3.05, 3.63) is 33.4 Å². The van der Waals surface area contributed by atoms with Crippen molar-refractivity contribution in [3.63, 3.8) is 0 Å². The Morgan fingerprint density at radius 2 is 1.88 bits per heavy atom. The van der Waals surface area contributed by atoms with Crippen LogP contribution in [0.4, 0.5) is 18.9 Å². The van der Waals surface area contributed by atoms with Crippen LogP contribution in [0.3, 0.4) is 0 Å². The van der Waals surface area contributed by atoms with Crippen LogP contribution < -0.4 is 0 Å². The fourth-order valence-electron chi connectivity index (χ4n) is 1.32. The number of aryl methyl sites for hydroxylation is 2. The Morgan fingerprint density at radius 3 is 2.31 bits per heavy atom. The highest BCUT2D eigenvalue weighted by Gasteiger charge is 2.34. The second-order valence-corrected chi connectivity index (χ2v) is 4.31. The van der Waals surface area contributed by atoms with Gasteiger partial charge in [-0.05, 0) is 36.7 Å². The van der Waals surface area contributed by atoms with Gasteiger partial charge in [0.2, 0.25) is 0 Å². The van der Waals surface area contributed by atoms with Crippen molar-refractivity contribution < 1.29 is 18.1 Å². The molecule has 1 rings (SSSR count). The van der Waals surface area contributed by atoms with E-state index in [4.69, 9.17) is 0 Å². The molecule has 0 saturated heterocycles. The average molecular weight is 251 g/mol. The van der Waals surface area contributed by atoms with E-state index in [1.807, 2.05) is 0 Å². The number of nitrogens with zero attached hydrogens (tertiary/aromatic N) is 1. The number of thioether (sulfide) groups is 1. The van der Waals surface area contributed by atoms with Crippen LogP contribution in [0.1, 0.15) is 11.1 Å². The van der Waals surface area contributed by atoms with Gasteiger partial charge in [-0.2, -0.15) is 13.2 Å². The molecular formula is C9H8F3NO2S. The Morgan fingerprint density at radius 1 is 1.31 bits per heavy atom. The molecule has 0 N–H and O–H groups in total. The molecule has 3 nitrogen and oxygen atoms in total. The third-order valence-corrected chi connectivity index (χ3v) is 2.78. The van der Waals surface area contributed by atoms with Crippen molar-refractivity contribution in [1.29, 1.82) is 0 Å². The number of hydrogen-bond acceptors (Lipinski definition) is 3. The maximum Gasteiger partial charge on any atom is 0.446 e. The summed E-state index contributed by atoms with van der Waals surface area (Å²) in [6.45, 7) is 3.02. The number of alkyl halides is 3. The summed E-state index contributed by atoms with van der Waals surface area (Å²) in [7, 11) is 0. The van der Waals surface area contributed by atoms with Crippen molar-refractivity contribution in [3.8, 4) is 0 Å². The number of halogens is 3. The highest BCUT2D eigenvalue weighted by atomic mass is 32.2. The van der Waals surface area contributed by atoms with E-state index >= 15 is 0 Å². The molecule has 7 heteroatoms. The molecule has 0 aromatic heterocycles. The van der Waals surface area contributed by atoms with E-state index < -0.39 is 27.9 Å². The zero-order valence-electron chi connectivity index (χ0n) is 8.46. The summed E-state index contributed by atoms with van der Waals surface area (Å²) in [5, 5.41) is 10.6. The number of nitro groups is 1.